The Kier molecular flexibility index (Phi) is 5.05. The lowest BCUT2D eigenvalue weighted by Crippen LogP contribution is -2.40. The van der Waals surface area contributed by atoms with E-state index in [0.717, 1.165) is 6.42 Å². The number of fused-ring (bicyclic) bond motifs is 2. The minimum Gasteiger partial charge on any atom is -0.395 e. The molecule has 2 aliphatic heterocycles. The van der Waals surface area contributed by atoms with Crippen molar-refractivity contribution in [3.05, 3.63) is 64.0 Å². The van der Waals surface area contributed by atoms with E-state index in [-0.39, 0.29) is 41.4 Å². The molecule has 2 aromatic carbocycles. The first-order chi connectivity index (χ1) is 17.1. The maximum atomic E-state index is 13.9. The second kappa shape index (κ2) is 7.95. The van der Waals surface area contributed by atoms with Gasteiger partial charge in [-0.3, -0.25) is 9.59 Å². The number of alkyl halides is 2. The van der Waals surface area contributed by atoms with Gasteiger partial charge in [0.05, 0.1) is 15.4 Å². The molecule has 1 aliphatic carbocycles. The zero-order chi connectivity index (χ0) is 25.4. The maximum absolute atomic E-state index is 13.9. The van der Waals surface area contributed by atoms with Gasteiger partial charge in [-0.05, 0) is 61.4 Å². The van der Waals surface area contributed by atoms with E-state index in [2.05, 4.69) is 14.5 Å². The number of nitrogens with two attached hydrogens (primary N) is 1. The van der Waals surface area contributed by atoms with Crippen molar-refractivity contribution in [3.63, 3.8) is 0 Å². The monoisotopic (exact) mass is 515 g/mol. The first-order valence-corrected chi connectivity index (χ1v) is 12.2. The predicted molar refractivity (Wildman–Crippen MR) is 124 cm³/mol. The number of carbonyl (C=O) groups excluding carboxylic acids is 2. The summed E-state index contributed by atoms with van der Waals surface area (Å²) in [7, 11) is 0. The van der Waals surface area contributed by atoms with Crippen LogP contribution in [0.3, 0.4) is 0 Å². The molecule has 2 amide bonds. The smallest absolute Gasteiger partial charge is 0.395 e. The van der Waals surface area contributed by atoms with Crippen LogP contribution in [0.1, 0.15) is 44.3 Å². The minimum absolute atomic E-state index is 0.0280. The summed E-state index contributed by atoms with van der Waals surface area (Å²) in [6.45, 7) is 1.78. The molecule has 2 fully saturated rings. The molecule has 7 nitrogen and oxygen atoms in total. The van der Waals surface area contributed by atoms with Crippen LogP contribution in [0.25, 0.3) is 10.4 Å². The van der Waals surface area contributed by atoms with Gasteiger partial charge in [-0.2, -0.15) is 0 Å². The van der Waals surface area contributed by atoms with Crippen LogP contribution in [0, 0.1) is 18.7 Å². The van der Waals surface area contributed by atoms with E-state index in [0.29, 0.717) is 33.4 Å². The number of carbonyl (C=O) groups is 2. The molecule has 0 bridgehead atoms. The summed E-state index contributed by atoms with van der Waals surface area (Å²) in [4.78, 5) is 32.9. The Bertz CT molecular complexity index is 1430. The number of nitrogens with zero attached hydrogens (tertiary/aromatic N) is 2. The number of ether oxygens (including phenoxy) is 2. The average Bonchev–Trinajstić information content (AvgIpc) is 3.14. The molecule has 3 heterocycles. The van der Waals surface area contributed by atoms with Crippen LogP contribution in [-0.4, -0.2) is 40.1 Å². The van der Waals surface area contributed by atoms with Gasteiger partial charge < -0.3 is 20.1 Å². The number of halogens is 3. The van der Waals surface area contributed by atoms with Crippen LogP contribution >= 0.6 is 11.3 Å². The SMILES string of the molecule is Cc1nc(C(=O)N2[C@H](Cc3ccc4c(c3C(N)=O)OC(F)(F)O4)C[C@@H]3C[C@@H]32)c(-c2cccc(F)c2)s1. The highest BCUT2D eigenvalue weighted by Gasteiger charge is 2.55. The Hall–Kier alpha value is -3.60. The summed E-state index contributed by atoms with van der Waals surface area (Å²) < 4.78 is 50.2. The highest BCUT2D eigenvalue weighted by Crippen LogP contribution is 2.51. The van der Waals surface area contributed by atoms with E-state index in [4.69, 9.17) is 5.73 Å². The van der Waals surface area contributed by atoms with Crippen LogP contribution in [0.5, 0.6) is 11.5 Å². The van der Waals surface area contributed by atoms with Gasteiger partial charge in [0.2, 0.25) is 0 Å². The topological polar surface area (TPSA) is 94.8 Å². The lowest BCUT2D eigenvalue weighted by atomic mass is 9.96. The second-order valence-corrected chi connectivity index (χ2v) is 10.5. The summed E-state index contributed by atoms with van der Waals surface area (Å²) >= 11 is 1.32. The van der Waals surface area contributed by atoms with Gasteiger partial charge in [0.15, 0.2) is 11.5 Å². The summed E-state index contributed by atoms with van der Waals surface area (Å²) in [6, 6.07) is 8.55. The lowest BCUT2D eigenvalue weighted by Gasteiger charge is -2.28. The first kappa shape index (κ1) is 22.8. The third kappa shape index (κ3) is 3.78. The van der Waals surface area contributed by atoms with Crippen molar-refractivity contribution in [3.8, 4) is 21.9 Å². The predicted octanol–water partition coefficient (Wildman–Crippen LogP) is 4.52. The van der Waals surface area contributed by atoms with Crippen LogP contribution in [0.15, 0.2) is 36.4 Å². The molecule has 3 aromatic rings. The molecule has 0 radical (unpaired) electrons. The Morgan fingerprint density at radius 3 is 2.78 bits per heavy atom. The number of hydrogen-bond donors (Lipinski definition) is 1. The van der Waals surface area contributed by atoms with Crippen LogP contribution in [-0.2, 0) is 6.42 Å². The number of likely N-dealkylation sites (tertiary alicyclic amines) is 1. The molecule has 6 rings (SSSR count). The number of aryl methyl sites for hydroxylation is 1. The molecule has 3 atom stereocenters. The van der Waals surface area contributed by atoms with E-state index in [1.807, 2.05) is 0 Å². The van der Waals surface area contributed by atoms with E-state index < -0.39 is 23.8 Å². The highest BCUT2D eigenvalue weighted by molar-refractivity contribution is 7.15. The largest absolute Gasteiger partial charge is 0.586 e. The molecule has 11 heteroatoms. The van der Waals surface area contributed by atoms with Gasteiger partial charge >= 0.3 is 6.29 Å². The average molecular weight is 516 g/mol. The molecule has 3 aliphatic rings. The molecule has 0 unspecified atom stereocenters. The fourth-order valence-corrected chi connectivity index (χ4v) is 6.23. The van der Waals surface area contributed by atoms with Crippen molar-refractivity contribution < 1.29 is 32.2 Å². The van der Waals surface area contributed by atoms with E-state index in [1.54, 1.807) is 24.0 Å². The fraction of sp³-hybridized carbons (Fsp3) is 0.320. The number of benzene rings is 2. The van der Waals surface area contributed by atoms with Gasteiger partial charge in [0.1, 0.15) is 11.5 Å². The van der Waals surface area contributed by atoms with Gasteiger partial charge in [-0.15, -0.1) is 20.1 Å². The number of hydrogen-bond acceptors (Lipinski definition) is 6. The summed E-state index contributed by atoms with van der Waals surface area (Å²) in [5.74, 6) is -1.96. The minimum atomic E-state index is -3.89. The van der Waals surface area contributed by atoms with Crippen molar-refractivity contribution >= 4 is 23.2 Å². The molecule has 2 N–H and O–H groups in total. The number of thiazole rings is 1. The van der Waals surface area contributed by atoms with Crippen LogP contribution in [0.2, 0.25) is 0 Å². The van der Waals surface area contributed by atoms with Gasteiger partial charge in [0, 0.05) is 12.1 Å². The quantitative estimate of drug-likeness (QED) is 0.539. The third-order valence-corrected chi connectivity index (χ3v) is 7.85. The van der Waals surface area contributed by atoms with Crippen LogP contribution in [0.4, 0.5) is 13.2 Å². The third-order valence-electron chi connectivity index (χ3n) is 6.83. The van der Waals surface area contributed by atoms with Crippen molar-refractivity contribution in [1.82, 2.24) is 9.88 Å². The van der Waals surface area contributed by atoms with Gasteiger partial charge in [-0.1, -0.05) is 18.2 Å². The Morgan fingerprint density at radius 2 is 2.03 bits per heavy atom. The Morgan fingerprint density at radius 1 is 1.22 bits per heavy atom. The number of primary amides is 1. The number of aromatic nitrogens is 1. The lowest BCUT2D eigenvalue weighted by molar-refractivity contribution is -0.286. The van der Waals surface area contributed by atoms with Crippen molar-refractivity contribution in [2.24, 2.45) is 11.7 Å². The van der Waals surface area contributed by atoms with Crippen LogP contribution < -0.4 is 15.2 Å². The van der Waals surface area contributed by atoms with E-state index in [1.165, 1.54) is 35.6 Å². The highest BCUT2D eigenvalue weighted by atomic mass is 32.1. The number of rotatable bonds is 5. The molecule has 1 saturated carbocycles. The van der Waals surface area contributed by atoms with E-state index in [9.17, 15) is 22.8 Å². The van der Waals surface area contributed by atoms with Crippen molar-refractivity contribution in [1.29, 1.82) is 0 Å². The van der Waals surface area contributed by atoms with Gasteiger partial charge in [-0.25, -0.2) is 9.37 Å². The molecule has 1 aromatic heterocycles. The molecule has 36 heavy (non-hydrogen) atoms. The molecule has 186 valence electrons. The zero-order valence-electron chi connectivity index (χ0n) is 19.0. The number of amides is 2. The Labute approximate surface area is 207 Å². The molecular formula is C25H20F3N3O4S. The van der Waals surface area contributed by atoms with Crippen molar-refractivity contribution in [2.75, 3.05) is 0 Å². The maximum Gasteiger partial charge on any atom is 0.586 e. The standard InChI is InChI=1S/C25H20F3N3O4S/c1-11-30-20(22(36-11)13-3-2-4-15(26)7-13)24(33)31-16(9-14-10-17(14)31)8-12-5-6-18-21(19(12)23(29)32)35-25(27,28)34-18/h2-7,14,16-17H,8-10H2,1H3,(H2,29,32)/t14-,16-,17+/m1/s1. The number of piperidine rings is 1. The van der Waals surface area contributed by atoms with E-state index >= 15 is 0 Å². The van der Waals surface area contributed by atoms with Crippen molar-refractivity contribution in [2.45, 2.75) is 44.6 Å². The summed E-state index contributed by atoms with van der Waals surface area (Å²) in [6.07, 6.45) is -2.12. The molecular weight excluding hydrogens is 495 g/mol. The van der Waals surface area contributed by atoms with Gasteiger partial charge in [0.25, 0.3) is 11.8 Å². The fourth-order valence-electron chi connectivity index (χ4n) is 5.33. The second-order valence-electron chi connectivity index (χ2n) is 9.25. The molecule has 1 saturated heterocycles. The first-order valence-electron chi connectivity index (χ1n) is 11.4. The Balaban J connectivity index is 1.34. The summed E-state index contributed by atoms with van der Waals surface area (Å²) in [5, 5.41) is 0.674. The summed E-state index contributed by atoms with van der Waals surface area (Å²) in [5.41, 5.74) is 6.57. The molecule has 0 spiro atoms. The zero-order valence-corrected chi connectivity index (χ0v) is 19.8. The normalized spacial score (nSPS) is 23.0.